The molecule has 1 unspecified atom stereocenters. The maximum atomic E-state index is 11.3. The fourth-order valence-corrected chi connectivity index (χ4v) is 2.15. The summed E-state index contributed by atoms with van der Waals surface area (Å²) in [5.74, 6) is -2.83. The molecule has 0 aliphatic carbocycles. The largest absolute Gasteiger partial charge is 0.481 e. The van der Waals surface area contributed by atoms with Gasteiger partial charge >= 0.3 is 11.9 Å². The molecule has 0 aliphatic heterocycles. The van der Waals surface area contributed by atoms with Gasteiger partial charge in [-0.25, -0.2) is 0 Å². The highest BCUT2D eigenvalue weighted by Crippen LogP contribution is 2.40. The van der Waals surface area contributed by atoms with Crippen molar-refractivity contribution in [2.24, 2.45) is 5.41 Å². The average molecular weight is 305 g/mol. The monoisotopic (exact) mass is 304 g/mol. The number of hydrogen-bond donors (Lipinski definition) is 2. The summed E-state index contributed by atoms with van der Waals surface area (Å²) in [6.45, 7) is 2.98. The molecule has 1 rings (SSSR count). The van der Waals surface area contributed by atoms with Gasteiger partial charge in [0.1, 0.15) is 0 Å². The van der Waals surface area contributed by atoms with E-state index in [-0.39, 0.29) is 11.4 Å². The topological polar surface area (TPSA) is 74.6 Å². The van der Waals surface area contributed by atoms with Gasteiger partial charge in [-0.2, -0.15) is 0 Å². The van der Waals surface area contributed by atoms with E-state index >= 15 is 0 Å². The molecule has 6 heteroatoms. The van der Waals surface area contributed by atoms with Crippen molar-refractivity contribution in [1.82, 2.24) is 0 Å². The number of benzene rings is 1. The Bertz CT molecular complexity index is 511. The van der Waals surface area contributed by atoms with Crippen LogP contribution in [-0.4, -0.2) is 22.2 Å². The SMILES string of the molecule is CC(C)(C(=O)O)C(CC(=O)O)c1ccc(Cl)c(Cl)c1. The molecule has 4 nitrogen and oxygen atoms in total. The summed E-state index contributed by atoms with van der Waals surface area (Å²) in [5.41, 5.74) is -0.681. The molecule has 1 aromatic rings. The van der Waals surface area contributed by atoms with E-state index < -0.39 is 23.3 Å². The summed E-state index contributed by atoms with van der Waals surface area (Å²) in [6, 6.07) is 4.65. The lowest BCUT2D eigenvalue weighted by molar-refractivity contribution is -0.149. The Morgan fingerprint density at radius 3 is 2.21 bits per heavy atom. The van der Waals surface area contributed by atoms with Crippen LogP contribution in [0.1, 0.15) is 31.7 Å². The third kappa shape index (κ3) is 3.61. The zero-order valence-corrected chi connectivity index (χ0v) is 12.0. The Kier molecular flexibility index (Phi) is 4.82. The average Bonchev–Trinajstić information content (AvgIpc) is 2.29. The minimum atomic E-state index is -1.23. The molecule has 0 fully saturated rings. The van der Waals surface area contributed by atoms with Crippen LogP contribution in [0.4, 0.5) is 0 Å². The quantitative estimate of drug-likeness (QED) is 0.870. The number of carboxylic acid groups (broad SMARTS) is 2. The van der Waals surface area contributed by atoms with Gasteiger partial charge in [0, 0.05) is 5.92 Å². The molecule has 0 amide bonds. The van der Waals surface area contributed by atoms with Crippen molar-refractivity contribution < 1.29 is 19.8 Å². The van der Waals surface area contributed by atoms with E-state index in [0.717, 1.165) is 0 Å². The van der Waals surface area contributed by atoms with Crippen LogP contribution in [0.15, 0.2) is 18.2 Å². The lowest BCUT2D eigenvalue weighted by Crippen LogP contribution is -2.32. The van der Waals surface area contributed by atoms with Crippen LogP contribution >= 0.6 is 23.2 Å². The standard InChI is InChI=1S/C13H14Cl2O4/c1-13(2,12(18)19)8(6-11(16)17)7-3-4-9(14)10(15)5-7/h3-5,8H,6H2,1-2H3,(H,16,17)(H,18,19). The van der Waals surface area contributed by atoms with Crippen molar-refractivity contribution in [3.8, 4) is 0 Å². The van der Waals surface area contributed by atoms with E-state index in [1.807, 2.05) is 0 Å². The van der Waals surface area contributed by atoms with Gasteiger partial charge in [-0.05, 0) is 31.5 Å². The van der Waals surface area contributed by atoms with Gasteiger partial charge in [0.2, 0.25) is 0 Å². The molecule has 104 valence electrons. The molecular weight excluding hydrogens is 291 g/mol. The number of carbonyl (C=O) groups is 2. The van der Waals surface area contributed by atoms with Crippen LogP contribution in [0.25, 0.3) is 0 Å². The first kappa shape index (κ1) is 15.8. The first-order chi connectivity index (χ1) is 8.66. The molecule has 1 atom stereocenters. The summed E-state index contributed by atoms with van der Waals surface area (Å²) in [7, 11) is 0. The first-order valence-electron chi connectivity index (χ1n) is 5.56. The third-order valence-corrected chi connectivity index (χ3v) is 3.89. The van der Waals surface area contributed by atoms with Gasteiger partial charge in [0.05, 0.1) is 21.9 Å². The fraction of sp³-hybridized carbons (Fsp3) is 0.385. The number of halogens is 2. The Morgan fingerprint density at radius 1 is 1.21 bits per heavy atom. The molecule has 0 heterocycles. The van der Waals surface area contributed by atoms with Crippen molar-refractivity contribution in [2.45, 2.75) is 26.2 Å². The number of aliphatic carboxylic acids is 2. The Hall–Kier alpha value is -1.26. The second-order valence-electron chi connectivity index (χ2n) is 4.85. The van der Waals surface area contributed by atoms with Gasteiger partial charge in [-0.15, -0.1) is 0 Å². The van der Waals surface area contributed by atoms with Gasteiger partial charge in [0.15, 0.2) is 0 Å². The lowest BCUT2D eigenvalue weighted by atomic mass is 9.73. The van der Waals surface area contributed by atoms with Crippen molar-refractivity contribution in [2.75, 3.05) is 0 Å². The molecule has 0 bridgehead atoms. The normalized spacial score (nSPS) is 13.1. The number of hydrogen-bond acceptors (Lipinski definition) is 2. The molecular formula is C13H14Cl2O4. The Labute approximate surface area is 121 Å². The van der Waals surface area contributed by atoms with Crippen molar-refractivity contribution in [1.29, 1.82) is 0 Å². The zero-order valence-electron chi connectivity index (χ0n) is 10.5. The minimum Gasteiger partial charge on any atom is -0.481 e. The van der Waals surface area contributed by atoms with Crippen LogP contribution < -0.4 is 0 Å². The second-order valence-corrected chi connectivity index (χ2v) is 5.67. The molecule has 1 aromatic carbocycles. The second kappa shape index (κ2) is 5.80. The van der Waals surface area contributed by atoms with Gasteiger partial charge in [0.25, 0.3) is 0 Å². The van der Waals surface area contributed by atoms with Crippen LogP contribution in [0.2, 0.25) is 10.0 Å². The highest BCUT2D eigenvalue weighted by molar-refractivity contribution is 6.42. The third-order valence-electron chi connectivity index (χ3n) is 3.15. The molecule has 0 spiro atoms. The summed E-state index contributed by atoms with van der Waals surface area (Å²) in [5, 5.41) is 18.8. The molecule has 0 radical (unpaired) electrons. The van der Waals surface area contributed by atoms with Crippen molar-refractivity contribution in [3.63, 3.8) is 0 Å². The molecule has 19 heavy (non-hydrogen) atoms. The smallest absolute Gasteiger partial charge is 0.309 e. The van der Waals surface area contributed by atoms with Crippen LogP contribution in [0.5, 0.6) is 0 Å². The van der Waals surface area contributed by atoms with E-state index in [1.54, 1.807) is 6.07 Å². The molecule has 2 N–H and O–H groups in total. The number of carboxylic acids is 2. The zero-order chi connectivity index (χ0) is 14.8. The number of rotatable bonds is 5. The van der Waals surface area contributed by atoms with E-state index in [9.17, 15) is 14.7 Å². The van der Waals surface area contributed by atoms with Crippen molar-refractivity contribution in [3.05, 3.63) is 33.8 Å². The Balaban J connectivity index is 3.27. The minimum absolute atomic E-state index is 0.274. The molecule has 0 aliphatic rings. The van der Waals surface area contributed by atoms with Crippen LogP contribution in [0.3, 0.4) is 0 Å². The van der Waals surface area contributed by atoms with Crippen LogP contribution in [-0.2, 0) is 9.59 Å². The molecule has 0 aromatic heterocycles. The van der Waals surface area contributed by atoms with Gasteiger partial charge < -0.3 is 10.2 Å². The van der Waals surface area contributed by atoms with E-state index in [1.165, 1.54) is 26.0 Å². The Morgan fingerprint density at radius 2 is 1.79 bits per heavy atom. The summed E-state index contributed by atoms with van der Waals surface area (Å²) in [4.78, 5) is 22.3. The molecule has 0 saturated heterocycles. The van der Waals surface area contributed by atoms with E-state index in [2.05, 4.69) is 0 Å². The predicted octanol–water partition coefficient (Wildman–Crippen LogP) is 3.66. The highest BCUT2D eigenvalue weighted by Gasteiger charge is 2.39. The maximum absolute atomic E-state index is 11.3. The summed E-state index contributed by atoms with van der Waals surface area (Å²) >= 11 is 11.7. The summed E-state index contributed by atoms with van der Waals surface area (Å²) in [6.07, 6.45) is -0.294. The van der Waals surface area contributed by atoms with E-state index in [0.29, 0.717) is 10.6 Å². The van der Waals surface area contributed by atoms with Crippen molar-refractivity contribution >= 4 is 35.1 Å². The van der Waals surface area contributed by atoms with Gasteiger partial charge in [-0.1, -0.05) is 29.3 Å². The maximum Gasteiger partial charge on any atom is 0.309 e. The first-order valence-corrected chi connectivity index (χ1v) is 6.32. The molecule has 0 saturated carbocycles. The highest BCUT2D eigenvalue weighted by atomic mass is 35.5. The van der Waals surface area contributed by atoms with Crippen LogP contribution in [0, 0.1) is 5.41 Å². The van der Waals surface area contributed by atoms with Gasteiger partial charge in [-0.3, -0.25) is 9.59 Å². The predicted molar refractivity (Wildman–Crippen MR) is 72.9 cm³/mol. The fourth-order valence-electron chi connectivity index (χ4n) is 1.84. The van der Waals surface area contributed by atoms with E-state index in [4.69, 9.17) is 28.3 Å². The lowest BCUT2D eigenvalue weighted by Gasteiger charge is -2.30. The summed E-state index contributed by atoms with van der Waals surface area (Å²) < 4.78 is 0.